The Hall–Kier alpha value is -1.03. The minimum absolute atomic E-state index is 0.576. The molecule has 0 amide bonds. The first-order valence-corrected chi connectivity index (χ1v) is 4.61. The maximum atomic E-state index is 5.80. The summed E-state index contributed by atoms with van der Waals surface area (Å²) in [6.45, 7) is 0. The summed E-state index contributed by atoms with van der Waals surface area (Å²) in [5, 5.41) is 4.68. The van der Waals surface area contributed by atoms with Crippen LogP contribution in [0.3, 0.4) is 0 Å². The Kier molecular flexibility index (Phi) is 2.22. The van der Waals surface area contributed by atoms with Crippen molar-refractivity contribution in [2.24, 2.45) is 12.1 Å². The third-order valence-electron chi connectivity index (χ3n) is 1.98. The third kappa shape index (κ3) is 2.01. The van der Waals surface area contributed by atoms with Crippen molar-refractivity contribution in [2.45, 2.75) is 18.9 Å². The smallest absolute Gasteiger partial charge is 0.153 e. The van der Waals surface area contributed by atoms with Gasteiger partial charge in [0.05, 0.1) is 12.4 Å². The second kappa shape index (κ2) is 3.38. The molecule has 1 aromatic heterocycles. The van der Waals surface area contributed by atoms with Gasteiger partial charge in [0.1, 0.15) is 5.15 Å². The van der Waals surface area contributed by atoms with E-state index in [2.05, 4.69) is 15.5 Å². The quantitative estimate of drug-likeness (QED) is 0.585. The van der Waals surface area contributed by atoms with Crippen molar-refractivity contribution < 1.29 is 0 Å². The molecule has 2 rings (SSSR count). The van der Waals surface area contributed by atoms with Crippen LogP contribution in [0.25, 0.3) is 0 Å². The minimum atomic E-state index is 0.576. The molecule has 1 N–H and O–H groups in total. The van der Waals surface area contributed by atoms with E-state index in [1.54, 1.807) is 17.0 Å². The summed E-state index contributed by atoms with van der Waals surface area (Å²) in [5.41, 5.74) is 3.01. The number of nitrogens with one attached hydrogen (secondary N) is 1. The first kappa shape index (κ1) is 8.56. The molecule has 0 atom stereocenters. The molecule has 0 saturated heterocycles. The lowest BCUT2D eigenvalue weighted by Gasteiger charge is -1.96. The fraction of sp³-hybridized carbons (Fsp3) is 0.500. The lowest BCUT2D eigenvalue weighted by Crippen LogP contribution is -2.08. The molecule has 4 nitrogen and oxygen atoms in total. The van der Waals surface area contributed by atoms with Crippen molar-refractivity contribution in [1.29, 1.82) is 0 Å². The van der Waals surface area contributed by atoms with E-state index in [0.29, 0.717) is 11.2 Å². The average Bonchev–Trinajstić information content (AvgIpc) is 2.88. The molecule has 13 heavy (non-hydrogen) atoms. The highest BCUT2D eigenvalue weighted by molar-refractivity contribution is 6.29. The van der Waals surface area contributed by atoms with Gasteiger partial charge in [-0.15, -0.1) is 0 Å². The van der Waals surface area contributed by atoms with Crippen LogP contribution in [0.15, 0.2) is 11.3 Å². The zero-order chi connectivity index (χ0) is 9.26. The Bertz CT molecular complexity index is 327. The fourth-order valence-electron chi connectivity index (χ4n) is 0.935. The van der Waals surface area contributed by atoms with Gasteiger partial charge in [-0.25, -0.2) is 4.98 Å². The maximum Gasteiger partial charge on any atom is 0.153 e. The van der Waals surface area contributed by atoms with E-state index in [0.717, 1.165) is 5.82 Å². The van der Waals surface area contributed by atoms with E-state index in [1.807, 2.05) is 7.05 Å². The Morgan fingerprint density at radius 1 is 1.77 bits per heavy atom. The number of hydrazone groups is 1. The van der Waals surface area contributed by atoms with Gasteiger partial charge in [0.25, 0.3) is 0 Å². The summed E-state index contributed by atoms with van der Waals surface area (Å²) in [5.74, 6) is 0.762. The molecular formula is C8H11ClN4. The Morgan fingerprint density at radius 2 is 2.54 bits per heavy atom. The van der Waals surface area contributed by atoms with Gasteiger partial charge in [0.2, 0.25) is 0 Å². The highest BCUT2D eigenvalue weighted by atomic mass is 35.5. The number of nitrogens with zero attached hydrogens (tertiary/aromatic N) is 3. The van der Waals surface area contributed by atoms with Gasteiger partial charge < -0.3 is 9.99 Å². The molecule has 70 valence electrons. The summed E-state index contributed by atoms with van der Waals surface area (Å²) in [7, 11) is 1.85. The Balaban J connectivity index is 1.99. The first-order valence-electron chi connectivity index (χ1n) is 4.23. The monoisotopic (exact) mass is 198 g/mol. The minimum Gasteiger partial charge on any atom is -0.317 e. The molecular weight excluding hydrogens is 188 g/mol. The Labute approximate surface area is 81.6 Å². The predicted octanol–water partition coefficient (Wildman–Crippen LogP) is 1.16. The molecule has 0 spiro atoms. The second-order valence-corrected chi connectivity index (χ2v) is 3.55. The number of rotatable bonds is 3. The standard InChI is InChI=1S/C8H11ClN4/c1-13-7(9)4-10-8(13)5-11-12-6-2-3-6/h4-6,12H,2-3H2,1H3/b11-5+. The van der Waals surface area contributed by atoms with Crippen LogP contribution in [0, 0.1) is 0 Å². The van der Waals surface area contributed by atoms with E-state index in [9.17, 15) is 0 Å². The lowest BCUT2D eigenvalue weighted by atomic mass is 10.6. The summed E-state index contributed by atoms with van der Waals surface area (Å²) in [6, 6.07) is 0.576. The van der Waals surface area contributed by atoms with Gasteiger partial charge in [0.15, 0.2) is 5.82 Å². The molecule has 1 aliphatic carbocycles. The highest BCUT2D eigenvalue weighted by Gasteiger charge is 2.19. The van der Waals surface area contributed by atoms with Crippen LogP contribution in [-0.4, -0.2) is 21.8 Å². The molecule has 1 fully saturated rings. The van der Waals surface area contributed by atoms with Crippen LogP contribution < -0.4 is 5.43 Å². The van der Waals surface area contributed by atoms with Gasteiger partial charge in [-0.3, -0.25) is 0 Å². The van der Waals surface area contributed by atoms with Crippen molar-refractivity contribution >= 4 is 17.8 Å². The van der Waals surface area contributed by atoms with Crippen LogP contribution in [0.5, 0.6) is 0 Å². The molecule has 0 unspecified atom stereocenters. The van der Waals surface area contributed by atoms with Crippen LogP contribution in [0.4, 0.5) is 0 Å². The first-order chi connectivity index (χ1) is 6.27. The van der Waals surface area contributed by atoms with Crippen LogP contribution in [-0.2, 0) is 7.05 Å². The van der Waals surface area contributed by atoms with E-state index in [1.165, 1.54) is 12.8 Å². The molecule has 0 aliphatic heterocycles. The van der Waals surface area contributed by atoms with Crippen molar-refractivity contribution in [3.63, 3.8) is 0 Å². The van der Waals surface area contributed by atoms with Crippen molar-refractivity contribution in [1.82, 2.24) is 15.0 Å². The summed E-state index contributed by atoms with van der Waals surface area (Å²) in [6.07, 6.45) is 5.74. The molecule has 0 aromatic carbocycles. The zero-order valence-electron chi connectivity index (χ0n) is 7.37. The highest BCUT2D eigenvalue weighted by Crippen LogP contribution is 2.18. The largest absolute Gasteiger partial charge is 0.317 e. The van der Waals surface area contributed by atoms with E-state index in [4.69, 9.17) is 11.6 Å². The molecule has 0 radical (unpaired) electrons. The van der Waals surface area contributed by atoms with Gasteiger partial charge in [-0.05, 0) is 12.8 Å². The summed E-state index contributed by atoms with van der Waals surface area (Å²) >= 11 is 5.80. The number of hydrogen-bond acceptors (Lipinski definition) is 3. The van der Waals surface area contributed by atoms with Crippen molar-refractivity contribution in [3.8, 4) is 0 Å². The number of hydrogen-bond donors (Lipinski definition) is 1. The number of aromatic nitrogens is 2. The molecule has 0 bridgehead atoms. The number of halogens is 1. The molecule has 5 heteroatoms. The van der Waals surface area contributed by atoms with E-state index < -0.39 is 0 Å². The normalized spacial score (nSPS) is 16.8. The molecule has 1 heterocycles. The van der Waals surface area contributed by atoms with Gasteiger partial charge in [-0.2, -0.15) is 5.10 Å². The van der Waals surface area contributed by atoms with Gasteiger partial charge in [0, 0.05) is 13.1 Å². The molecule has 1 aromatic rings. The zero-order valence-corrected chi connectivity index (χ0v) is 8.12. The van der Waals surface area contributed by atoms with Gasteiger partial charge in [-0.1, -0.05) is 11.6 Å². The summed E-state index contributed by atoms with van der Waals surface area (Å²) < 4.78 is 1.78. The van der Waals surface area contributed by atoms with E-state index in [-0.39, 0.29) is 0 Å². The molecule has 1 saturated carbocycles. The second-order valence-electron chi connectivity index (χ2n) is 3.16. The Morgan fingerprint density at radius 3 is 3.08 bits per heavy atom. The predicted molar refractivity (Wildman–Crippen MR) is 52.0 cm³/mol. The maximum absolute atomic E-state index is 5.80. The number of imidazole rings is 1. The van der Waals surface area contributed by atoms with Crippen LogP contribution in [0.1, 0.15) is 18.7 Å². The van der Waals surface area contributed by atoms with Crippen molar-refractivity contribution in [2.75, 3.05) is 0 Å². The SMILES string of the molecule is Cn1c(Cl)cnc1/C=N/NC1CC1. The van der Waals surface area contributed by atoms with Gasteiger partial charge >= 0.3 is 0 Å². The third-order valence-corrected chi connectivity index (χ3v) is 2.33. The van der Waals surface area contributed by atoms with Crippen molar-refractivity contribution in [3.05, 3.63) is 17.2 Å². The van der Waals surface area contributed by atoms with E-state index >= 15 is 0 Å². The van der Waals surface area contributed by atoms with Crippen LogP contribution >= 0.6 is 11.6 Å². The lowest BCUT2D eigenvalue weighted by molar-refractivity contribution is 0.739. The average molecular weight is 199 g/mol. The fourth-order valence-corrected chi connectivity index (χ4v) is 1.07. The summed E-state index contributed by atoms with van der Waals surface area (Å²) in [4.78, 5) is 4.07. The molecule has 1 aliphatic rings. The topological polar surface area (TPSA) is 42.2 Å². The van der Waals surface area contributed by atoms with Crippen LogP contribution in [0.2, 0.25) is 5.15 Å².